The van der Waals surface area contributed by atoms with Gasteiger partial charge in [0.05, 0.1) is 6.26 Å². The zero-order valence-electron chi connectivity index (χ0n) is 13.7. The van der Waals surface area contributed by atoms with Crippen molar-refractivity contribution in [2.45, 2.75) is 13.0 Å². The highest BCUT2D eigenvalue weighted by atomic mass is 32.2. The Kier molecular flexibility index (Phi) is 6.27. The normalized spacial score (nSPS) is 15.6. The van der Waals surface area contributed by atoms with Crippen LogP contribution in [0.5, 0.6) is 0 Å². The molecule has 0 N–H and O–H groups in total. The monoisotopic (exact) mass is 354 g/mol. The van der Waals surface area contributed by atoms with Crippen LogP contribution in [-0.4, -0.2) is 78.8 Å². The number of nitrogens with zero attached hydrogens (tertiary/aromatic N) is 4. The lowest BCUT2D eigenvalue weighted by Crippen LogP contribution is -2.48. The maximum Gasteiger partial charge on any atom is 0.224 e. The SMILES string of the molecule is CS(=O)(=O)N(CCC(=O)N1CCN(C=O)CC1)Cc1cccnc1. The van der Waals surface area contributed by atoms with Crippen LogP contribution in [0.1, 0.15) is 12.0 Å². The van der Waals surface area contributed by atoms with E-state index < -0.39 is 10.0 Å². The zero-order chi connectivity index (χ0) is 17.6. The van der Waals surface area contributed by atoms with Gasteiger partial charge < -0.3 is 9.80 Å². The predicted octanol–water partition coefficient (Wildman–Crippen LogP) is -0.466. The molecule has 0 aromatic carbocycles. The molecule has 8 nitrogen and oxygen atoms in total. The van der Waals surface area contributed by atoms with E-state index >= 15 is 0 Å². The summed E-state index contributed by atoms with van der Waals surface area (Å²) < 4.78 is 25.2. The number of hydrogen-bond donors (Lipinski definition) is 0. The summed E-state index contributed by atoms with van der Waals surface area (Å²) in [5, 5.41) is 0. The standard InChI is InChI=1S/C15H22N4O4S/c1-24(22,23)19(12-14-3-2-5-16-11-14)6-4-15(21)18-9-7-17(13-20)8-10-18/h2-3,5,11,13H,4,6-10,12H2,1H3. The van der Waals surface area contributed by atoms with Gasteiger partial charge in [-0.1, -0.05) is 6.07 Å². The van der Waals surface area contributed by atoms with E-state index in [1.807, 2.05) is 0 Å². The van der Waals surface area contributed by atoms with E-state index in [4.69, 9.17) is 0 Å². The van der Waals surface area contributed by atoms with Gasteiger partial charge in [0, 0.05) is 58.1 Å². The molecule has 1 saturated heterocycles. The Bertz CT molecular complexity index is 657. The van der Waals surface area contributed by atoms with Gasteiger partial charge in [-0.25, -0.2) is 8.42 Å². The van der Waals surface area contributed by atoms with Gasteiger partial charge in [-0.3, -0.25) is 14.6 Å². The summed E-state index contributed by atoms with van der Waals surface area (Å²) in [6.45, 7) is 2.32. The molecule has 9 heteroatoms. The summed E-state index contributed by atoms with van der Waals surface area (Å²) in [5.74, 6) is -0.0969. The molecule has 0 bridgehead atoms. The smallest absolute Gasteiger partial charge is 0.224 e. The number of piperazine rings is 1. The second-order valence-corrected chi connectivity index (χ2v) is 7.71. The average molecular weight is 354 g/mol. The molecule has 1 aliphatic rings. The Morgan fingerprint density at radius 3 is 2.58 bits per heavy atom. The first-order valence-corrected chi connectivity index (χ1v) is 9.56. The number of carbonyl (C=O) groups is 2. The lowest BCUT2D eigenvalue weighted by molar-refractivity contribution is -0.135. The number of pyridine rings is 1. The summed E-state index contributed by atoms with van der Waals surface area (Å²) in [7, 11) is -3.42. The molecule has 1 aliphatic heterocycles. The van der Waals surface area contributed by atoms with Crippen LogP contribution in [0.15, 0.2) is 24.5 Å². The molecule has 2 rings (SSSR count). The number of aromatic nitrogens is 1. The van der Waals surface area contributed by atoms with Gasteiger partial charge in [0.2, 0.25) is 22.3 Å². The molecule has 0 radical (unpaired) electrons. The van der Waals surface area contributed by atoms with Crippen LogP contribution in [0, 0.1) is 0 Å². The number of amides is 2. The van der Waals surface area contributed by atoms with E-state index in [-0.39, 0.29) is 25.4 Å². The lowest BCUT2D eigenvalue weighted by Gasteiger charge is -2.33. The molecule has 2 amide bonds. The van der Waals surface area contributed by atoms with Crippen molar-refractivity contribution in [3.63, 3.8) is 0 Å². The molecule has 2 heterocycles. The Morgan fingerprint density at radius 2 is 2.04 bits per heavy atom. The first-order chi connectivity index (χ1) is 11.4. The highest BCUT2D eigenvalue weighted by molar-refractivity contribution is 7.88. The van der Waals surface area contributed by atoms with Crippen molar-refractivity contribution < 1.29 is 18.0 Å². The minimum absolute atomic E-state index is 0.0969. The summed E-state index contributed by atoms with van der Waals surface area (Å²) in [5.41, 5.74) is 0.773. The van der Waals surface area contributed by atoms with E-state index in [0.29, 0.717) is 26.2 Å². The lowest BCUT2D eigenvalue weighted by atomic mass is 10.2. The van der Waals surface area contributed by atoms with Gasteiger partial charge >= 0.3 is 0 Å². The molecule has 132 valence electrons. The topological polar surface area (TPSA) is 90.9 Å². The molecule has 0 atom stereocenters. The molecule has 0 unspecified atom stereocenters. The van der Waals surface area contributed by atoms with Gasteiger partial charge in [-0.2, -0.15) is 4.31 Å². The Morgan fingerprint density at radius 1 is 1.33 bits per heavy atom. The highest BCUT2D eigenvalue weighted by Crippen LogP contribution is 2.10. The fourth-order valence-corrected chi connectivity index (χ4v) is 3.32. The van der Waals surface area contributed by atoms with Gasteiger partial charge in [-0.05, 0) is 11.6 Å². The first-order valence-electron chi connectivity index (χ1n) is 7.71. The summed E-state index contributed by atoms with van der Waals surface area (Å²) >= 11 is 0. The van der Waals surface area contributed by atoms with Crippen molar-refractivity contribution in [2.75, 3.05) is 39.0 Å². The minimum Gasteiger partial charge on any atom is -0.342 e. The Hall–Kier alpha value is -2.00. The van der Waals surface area contributed by atoms with Gasteiger partial charge in [-0.15, -0.1) is 0 Å². The maximum atomic E-state index is 12.3. The molecular weight excluding hydrogens is 332 g/mol. The summed E-state index contributed by atoms with van der Waals surface area (Å²) in [6.07, 6.45) is 5.27. The summed E-state index contributed by atoms with van der Waals surface area (Å²) in [4.78, 5) is 30.2. The largest absolute Gasteiger partial charge is 0.342 e. The minimum atomic E-state index is -3.42. The highest BCUT2D eigenvalue weighted by Gasteiger charge is 2.23. The van der Waals surface area contributed by atoms with Crippen LogP contribution >= 0.6 is 0 Å². The zero-order valence-corrected chi connectivity index (χ0v) is 14.5. The molecule has 0 spiro atoms. The van der Waals surface area contributed by atoms with Crippen molar-refractivity contribution in [1.82, 2.24) is 19.1 Å². The van der Waals surface area contributed by atoms with E-state index in [0.717, 1.165) is 18.2 Å². The molecule has 24 heavy (non-hydrogen) atoms. The third-order valence-electron chi connectivity index (χ3n) is 3.94. The van der Waals surface area contributed by atoms with Crippen molar-refractivity contribution in [1.29, 1.82) is 0 Å². The number of rotatable bonds is 7. The molecule has 1 aromatic rings. The Labute approximate surface area is 142 Å². The Balaban J connectivity index is 1.91. The fourth-order valence-electron chi connectivity index (χ4n) is 2.51. The third kappa shape index (κ3) is 5.27. The molecule has 0 aliphatic carbocycles. The quantitative estimate of drug-likeness (QED) is 0.618. The van der Waals surface area contributed by atoms with Crippen LogP contribution in [0.2, 0.25) is 0 Å². The van der Waals surface area contributed by atoms with Crippen LogP contribution in [0.3, 0.4) is 0 Å². The molecule has 1 fully saturated rings. The van der Waals surface area contributed by atoms with Crippen LogP contribution in [0.4, 0.5) is 0 Å². The van der Waals surface area contributed by atoms with E-state index in [1.54, 1.807) is 34.3 Å². The molecule has 0 saturated carbocycles. The van der Waals surface area contributed by atoms with Gasteiger partial charge in [0.25, 0.3) is 0 Å². The van der Waals surface area contributed by atoms with E-state index in [2.05, 4.69) is 4.98 Å². The van der Waals surface area contributed by atoms with E-state index in [9.17, 15) is 18.0 Å². The fraction of sp³-hybridized carbons (Fsp3) is 0.533. The first kappa shape index (κ1) is 18.3. The predicted molar refractivity (Wildman–Crippen MR) is 88.3 cm³/mol. The van der Waals surface area contributed by atoms with Crippen LogP contribution in [0.25, 0.3) is 0 Å². The van der Waals surface area contributed by atoms with Crippen molar-refractivity contribution in [2.24, 2.45) is 0 Å². The molecule has 1 aromatic heterocycles. The number of hydrogen-bond acceptors (Lipinski definition) is 5. The number of carbonyl (C=O) groups excluding carboxylic acids is 2. The second kappa shape index (κ2) is 8.20. The maximum absolute atomic E-state index is 12.3. The van der Waals surface area contributed by atoms with Gasteiger partial charge in [0.15, 0.2) is 0 Å². The van der Waals surface area contributed by atoms with E-state index in [1.165, 1.54) is 4.31 Å². The summed E-state index contributed by atoms with van der Waals surface area (Å²) in [6, 6.07) is 3.54. The van der Waals surface area contributed by atoms with Crippen molar-refractivity contribution in [3.8, 4) is 0 Å². The van der Waals surface area contributed by atoms with Crippen LogP contribution < -0.4 is 0 Å². The third-order valence-corrected chi connectivity index (χ3v) is 5.19. The molecular formula is C15H22N4O4S. The average Bonchev–Trinajstić information content (AvgIpc) is 2.58. The van der Waals surface area contributed by atoms with Crippen molar-refractivity contribution >= 4 is 22.3 Å². The van der Waals surface area contributed by atoms with Gasteiger partial charge in [0.1, 0.15) is 0 Å². The van der Waals surface area contributed by atoms with Crippen LogP contribution in [-0.2, 0) is 26.2 Å². The number of sulfonamides is 1. The second-order valence-electron chi connectivity index (χ2n) is 5.73. The van der Waals surface area contributed by atoms with Crippen molar-refractivity contribution in [3.05, 3.63) is 30.1 Å².